The Morgan fingerprint density at radius 2 is 1.91 bits per heavy atom. The highest BCUT2D eigenvalue weighted by Gasteiger charge is 2.33. The van der Waals surface area contributed by atoms with E-state index in [-0.39, 0.29) is 0 Å². The molecule has 0 aliphatic rings. The van der Waals surface area contributed by atoms with Crippen LogP contribution in [0.2, 0.25) is 0 Å². The fourth-order valence-electron chi connectivity index (χ4n) is 0.618. The van der Waals surface area contributed by atoms with Crippen molar-refractivity contribution in [2.24, 2.45) is 0 Å². The summed E-state index contributed by atoms with van der Waals surface area (Å²) in [6.07, 6.45) is -0.749. The minimum absolute atomic E-state index is 0.749. The summed E-state index contributed by atoms with van der Waals surface area (Å²) in [7, 11) is 1.57. The van der Waals surface area contributed by atoms with Gasteiger partial charge in [0.25, 0.3) is 0 Å². The Bertz CT molecular complexity index is 154. The highest BCUT2D eigenvalue weighted by molar-refractivity contribution is 5.77. The fraction of sp³-hybridized carbons (Fsp3) is 0.857. The number of aliphatic hydroxyl groups excluding tert-OH is 1. The largest absolute Gasteiger partial charge is 0.480 e. The molecule has 0 heterocycles. The normalized spacial score (nSPS) is 15.1. The predicted octanol–water partition coefficient (Wildman–Crippen LogP) is 0.120. The number of nitrogens with zero attached hydrogens (tertiary/aromatic N) is 1. The van der Waals surface area contributed by atoms with Gasteiger partial charge in [-0.05, 0) is 27.8 Å². The van der Waals surface area contributed by atoms with Gasteiger partial charge in [-0.3, -0.25) is 9.69 Å². The van der Waals surface area contributed by atoms with Gasteiger partial charge in [0.05, 0.1) is 0 Å². The topological polar surface area (TPSA) is 60.8 Å². The first-order valence-electron chi connectivity index (χ1n) is 3.44. The zero-order valence-corrected chi connectivity index (χ0v) is 7.33. The lowest BCUT2D eigenvalue weighted by molar-refractivity contribution is -0.154. The number of hydrogen-bond acceptors (Lipinski definition) is 3. The van der Waals surface area contributed by atoms with Crippen molar-refractivity contribution in [2.45, 2.75) is 32.5 Å². The summed E-state index contributed by atoms with van der Waals surface area (Å²) in [6.45, 7) is 4.62. The molecule has 0 saturated heterocycles. The molecular formula is C7H15NO3. The Morgan fingerprint density at radius 3 is 2.00 bits per heavy atom. The second-order valence-corrected chi connectivity index (χ2v) is 3.11. The van der Waals surface area contributed by atoms with Crippen molar-refractivity contribution in [2.75, 3.05) is 7.05 Å². The van der Waals surface area contributed by atoms with Gasteiger partial charge in [0.15, 0.2) is 0 Å². The van der Waals surface area contributed by atoms with E-state index in [4.69, 9.17) is 10.2 Å². The highest BCUT2D eigenvalue weighted by Crippen LogP contribution is 2.13. The average molecular weight is 161 g/mol. The zero-order chi connectivity index (χ0) is 9.23. The SMILES string of the molecule is CC(O)N(C)C(C)(C)C(=O)O. The molecule has 0 rings (SSSR count). The third kappa shape index (κ3) is 2.17. The third-order valence-corrected chi connectivity index (χ3v) is 1.97. The molecule has 0 bridgehead atoms. The molecule has 1 unspecified atom stereocenters. The van der Waals surface area contributed by atoms with Crippen molar-refractivity contribution in [1.29, 1.82) is 0 Å². The van der Waals surface area contributed by atoms with Crippen LogP contribution >= 0.6 is 0 Å². The van der Waals surface area contributed by atoms with E-state index in [1.165, 1.54) is 11.8 Å². The van der Waals surface area contributed by atoms with Gasteiger partial charge >= 0.3 is 5.97 Å². The predicted molar refractivity (Wildman–Crippen MR) is 41.2 cm³/mol. The van der Waals surface area contributed by atoms with Crippen LogP contribution in [0.5, 0.6) is 0 Å². The molecule has 0 saturated carbocycles. The van der Waals surface area contributed by atoms with Gasteiger partial charge < -0.3 is 10.2 Å². The van der Waals surface area contributed by atoms with E-state index in [2.05, 4.69) is 0 Å². The summed E-state index contributed by atoms with van der Waals surface area (Å²) >= 11 is 0. The monoisotopic (exact) mass is 161 g/mol. The number of aliphatic carboxylic acids is 1. The minimum Gasteiger partial charge on any atom is -0.480 e. The van der Waals surface area contributed by atoms with Crippen LogP contribution in [0.3, 0.4) is 0 Å². The van der Waals surface area contributed by atoms with E-state index < -0.39 is 17.7 Å². The quantitative estimate of drug-likeness (QED) is 0.577. The molecule has 1 atom stereocenters. The molecule has 4 nitrogen and oxygen atoms in total. The van der Waals surface area contributed by atoms with E-state index in [0.29, 0.717) is 0 Å². The molecule has 0 aliphatic carbocycles. The molecule has 0 aromatic rings. The van der Waals surface area contributed by atoms with Crippen LogP contribution in [0.15, 0.2) is 0 Å². The molecule has 0 fully saturated rings. The lowest BCUT2D eigenvalue weighted by Crippen LogP contribution is -2.51. The fourth-order valence-corrected chi connectivity index (χ4v) is 0.618. The molecule has 0 amide bonds. The standard InChI is InChI=1S/C7H15NO3/c1-5(9)8(4)7(2,3)6(10)11/h5,9H,1-4H3,(H,10,11). The number of carbonyl (C=O) groups is 1. The molecular weight excluding hydrogens is 146 g/mol. The van der Waals surface area contributed by atoms with E-state index >= 15 is 0 Å². The minimum atomic E-state index is -1.02. The van der Waals surface area contributed by atoms with Gasteiger partial charge in [-0.25, -0.2) is 0 Å². The first kappa shape index (κ1) is 10.4. The lowest BCUT2D eigenvalue weighted by atomic mass is 10.0. The van der Waals surface area contributed by atoms with Gasteiger partial charge in [-0.15, -0.1) is 0 Å². The summed E-state index contributed by atoms with van der Waals surface area (Å²) < 4.78 is 0. The molecule has 0 aromatic heterocycles. The van der Waals surface area contributed by atoms with E-state index in [1.807, 2.05) is 0 Å². The van der Waals surface area contributed by atoms with Gasteiger partial charge in [-0.2, -0.15) is 0 Å². The first-order valence-corrected chi connectivity index (χ1v) is 3.44. The summed E-state index contributed by atoms with van der Waals surface area (Å²) in [5, 5.41) is 17.8. The van der Waals surface area contributed by atoms with Crippen molar-refractivity contribution in [3.8, 4) is 0 Å². The second-order valence-electron chi connectivity index (χ2n) is 3.11. The van der Waals surface area contributed by atoms with Gasteiger partial charge in [0, 0.05) is 0 Å². The van der Waals surface area contributed by atoms with E-state index in [9.17, 15) is 4.79 Å². The van der Waals surface area contributed by atoms with Crippen LogP contribution < -0.4 is 0 Å². The van der Waals surface area contributed by atoms with Crippen molar-refractivity contribution in [3.63, 3.8) is 0 Å². The molecule has 0 spiro atoms. The molecule has 4 heteroatoms. The Kier molecular flexibility index (Phi) is 3.02. The average Bonchev–Trinajstić information content (AvgIpc) is 1.85. The Balaban J connectivity index is 4.42. The maximum absolute atomic E-state index is 10.6. The van der Waals surface area contributed by atoms with Crippen LogP contribution in [0.25, 0.3) is 0 Å². The third-order valence-electron chi connectivity index (χ3n) is 1.97. The van der Waals surface area contributed by atoms with Crippen LogP contribution in [0, 0.1) is 0 Å². The molecule has 0 aromatic carbocycles. The summed E-state index contributed by atoms with van der Waals surface area (Å²) in [5.41, 5.74) is -1.02. The maximum Gasteiger partial charge on any atom is 0.323 e. The number of likely N-dealkylation sites (N-methyl/N-ethyl adjacent to an activating group) is 1. The van der Waals surface area contributed by atoms with Gasteiger partial charge in [0.2, 0.25) is 0 Å². The second kappa shape index (κ2) is 3.19. The summed E-state index contributed by atoms with van der Waals surface area (Å²) in [6, 6.07) is 0. The number of rotatable bonds is 3. The van der Waals surface area contributed by atoms with Crippen LogP contribution in [0.4, 0.5) is 0 Å². The first-order chi connectivity index (χ1) is 4.80. The number of hydrogen-bond donors (Lipinski definition) is 2. The van der Waals surface area contributed by atoms with Crippen LogP contribution in [-0.2, 0) is 4.79 Å². The Hall–Kier alpha value is -0.610. The molecule has 11 heavy (non-hydrogen) atoms. The summed E-state index contributed by atoms with van der Waals surface area (Å²) in [4.78, 5) is 12.0. The van der Waals surface area contributed by atoms with Crippen LogP contribution in [-0.4, -0.2) is 39.9 Å². The molecule has 0 aliphatic heterocycles. The van der Waals surface area contributed by atoms with Crippen LogP contribution in [0.1, 0.15) is 20.8 Å². The number of carboxylic acids is 1. The molecule has 2 N–H and O–H groups in total. The maximum atomic E-state index is 10.6. The van der Waals surface area contributed by atoms with Crippen molar-refractivity contribution in [3.05, 3.63) is 0 Å². The Labute approximate surface area is 66.4 Å². The van der Waals surface area contributed by atoms with Crippen molar-refractivity contribution >= 4 is 5.97 Å². The molecule has 0 radical (unpaired) electrons. The van der Waals surface area contributed by atoms with Gasteiger partial charge in [0.1, 0.15) is 11.8 Å². The van der Waals surface area contributed by atoms with E-state index in [1.54, 1.807) is 20.9 Å². The van der Waals surface area contributed by atoms with E-state index in [0.717, 1.165) is 0 Å². The van der Waals surface area contributed by atoms with Gasteiger partial charge in [-0.1, -0.05) is 0 Å². The zero-order valence-electron chi connectivity index (χ0n) is 7.33. The highest BCUT2D eigenvalue weighted by atomic mass is 16.4. The van der Waals surface area contributed by atoms with Crippen molar-refractivity contribution < 1.29 is 15.0 Å². The lowest BCUT2D eigenvalue weighted by Gasteiger charge is -2.33. The number of aliphatic hydroxyl groups is 1. The number of carboxylic acid groups (broad SMARTS) is 1. The molecule has 66 valence electrons. The smallest absolute Gasteiger partial charge is 0.323 e. The Morgan fingerprint density at radius 1 is 1.55 bits per heavy atom. The van der Waals surface area contributed by atoms with Crippen molar-refractivity contribution in [1.82, 2.24) is 4.90 Å². The summed E-state index contributed by atoms with van der Waals surface area (Å²) in [5.74, 6) is -0.944.